The first kappa shape index (κ1) is 17.9. The molecule has 0 aliphatic carbocycles. The number of rotatable bonds is 4. The van der Waals surface area contributed by atoms with Crippen LogP contribution in [0.2, 0.25) is 0 Å². The summed E-state index contributed by atoms with van der Waals surface area (Å²) < 4.78 is 5.03. The van der Waals surface area contributed by atoms with Crippen LogP contribution in [0.3, 0.4) is 0 Å². The number of nitrogens with zero attached hydrogens (tertiary/aromatic N) is 1. The molecule has 0 saturated carbocycles. The molecule has 7 heteroatoms. The van der Waals surface area contributed by atoms with Crippen molar-refractivity contribution in [3.8, 4) is 11.1 Å². The number of amides is 2. The Hall–Kier alpha value is -2.93. The molecule has 2 amide bonds. The molecule has 0 atom stereocenters. The number of aromatic nitrogens is 1. The Bertz CT molecular complexity index is 998. The number of nitrogens with two attached hydrogens (primary N) is 1. The smallest absolute Gasteiger partial charge is 0.261 e. The lowest BCUT2D eigenvalue weighted by Crippen LogP contribution is -2.18. The summed E-state index contributed by atoms with van der Waals surface area (Å²) in [5.41, 5.74) is 10.6. The molecular formula is C19H19N3O3S. The molecule has 0 radical (unpaired) electrons. The minimum absolute atomic E-state index is 0.304. The fraction of sp³-hybridized carbons (Fsp3) is 0.211. The van der Waals surface area contributed by atoms with Gasteiger partial charge in [0.1, 0.15) is 16.3 Å². The van der Waals surface area contributed by atoms with E-state index in [9.17, 15) is 9.59 Å². The van der Waals surface area contributed by atoms with Crippen LogP contribution >= 0.6 is 11.3 Å². The van der Waals surface area contributed by atoms with Gasteiger partial charge in [0.05, 0.1) is 11.3 Å². The highest BCUT2D eigenvalue weighted by Gasteiger charge is 2.23. The molecular weight excluding hydrogens is 350 g/mol. The zero-order valence-electron chi connectivity index (χ0n) is 15.0. The predicted molar refractivity (Wildman–Crippen MR) is 102 cm³/mol. The van der Waals surface area contributed by atoms with Crippen molar-refractivity contribution in [1.29, 1.82) is 0 Å². The van der Waals surface area contributed by atoms with E-state index in [0.717, 1.165) is 16.7 Å². The molecule has 3 aromatic rings. The SMILES string of the molecule is Cc1ccc(-c2csc(NC(=O)c3c(C)noc3C)c2C(N)=O)cc1C. The van der Waals surface area contributed by atoms with Crippen molar-refractivity contribution in [2.24, 2.45) is 5.73 Å². The summed E-state index contributed by atoms with van der Waals surface area (Å²) in [6, 6.07) is 5.94. The van der Waals surface area contributed by atoms with Gasteiger partial charge < -0.3 is 15.6 Å². The van der Waals surface area contributed by atoms with Gasteiger partial charge in [0.15, 0.2) is 0 Å². The molecule has 0 aliphatic heterocycles. The lowest BCUT2D eigenvalue weighted by atomic mass is 9.99. The maximum atomic E-state index is 12.6. The number of thiophene rings is 1. The summed E-state index contributed by atoms with van der Waals surface area (Å²) in [6.45, 7) is 7.39. The Balaban J connectivity index is 2.01. The summed E-state index contributed by atoms with van der Waals surface area (Å²) >= 11 is 1.26. The number of anilines is 1. The average molecular weight is 369 g/mol. The largest absolute Gasteiger partial charge is 0.365 e. The first-order valence-corrected chi connectivity index (χ1v) is 8.90. The third-order valence-corrected chi connectivity index (χ3v) is 5.24. The van der Waals surface area contributed by atoms with Crippen LogP contribution in [0.4, 0.5) is 5.00 Å². The van der Waals surface area contributed by atoms with Crippen LogP contribution < -0.4 is 11.1 Å². The van der Waals surface area contributed by atoms with Gasteiger partial charge in [0.25, 0.3) is 11.8 Å². The standard InChI is InChI=1S/C19H19N3O3S/c1-9-5-6-13(7-10(9)2)14-8-26-19(16(14)17(20)23)21-18(24)15-11(3)22-25-12(15)4/h5-8H,1-4H3,(H2,20,23)(H,21,24). The fourth-order valence-electron chi connectivity index (χ4n) is 2.79. The Labute approximate surface area is 155 Å². The van der Waals surface area contributed by atoms with Gasteiger partial charge in [-0.2, -0.15) is 0 Å². The van der Waals surface area contributed by atoms with E-state index in [2.05, 4.69) is 10.5 Å². The summed E-state index contributed by atoms with van der Waals surface area (Å²) in [7, 11) is 0. The first-order chi connectivity index (χ1) is 12.3. The molecule has 0 saturated heterocycles. The van der Waals surface area contributed by atoms with Gasteiger partial charge in [0.2, 0.25) is 0 Å². The van der Waals surface area contributed by atoms with E-state index in [1.807, 2.05) is 37.4 Å². The van der Waals surface area contributed by atoms with Crippen molar-refractivity contribution in [2.45, 2.75) is 27.7 Å². The second kappa shape index (κ2) is 6.76. The molecule has 3 N–H and O–H groups in total. The van der Waals surface area contributed by atoms with Gasteiger partial charge in [-0.15, -0.1) is 11.3 Å². The van der Waals surface area contributed by atoms with Crippen LogP contribution in [-0.2, 0) is 0 Å². The van der Waals surface area contributed by atoms with E-state index >= 15 is 0 Å². The lowest BCUT2D eigenvalue weighted by molar-refractivity contribution is 0.100. The van der Waals surface area contributed by atoms with Crippen LogP contribution in [-0.4, -0.2) is 17.0 Å². The van der Waals surface area contributed by atoms with Crippen molar-refractivity contribution in [3.63, 3.8) is 0 Å². The van der Waals surface area contributed by atoms with Gasteiger partial charge in [-0.1, -0.05) is 23.4 Å². The number of aryl methyl sites for hydroxylation is 4. The van der Waals surface area contributed by atoms with Crippen molar-refractivity contribution in [1.82, 2.24) is 5.16 Å². The van der Waals surface area contributed by atoms with Crippen molar-refractivity contribution in [3.05, 3.63) is 57.3 Å². The number of benzene rings is 1. The van der Waals surface area contributed by atoms with Gasteiger partial charge in [-0.3, -0.25) is 9.59 Å². The highest BCUT2D eigenvalue weighted by atomic mass is 32.1. The number of nitrogens with one attached hydrogen (secondary N) is 1. The molecule has 0 fully saturated rings. The Morgan fingerprint density at radius 3 is 2.42 bits per heavy atom. The van der Waals surface area contributed by atoms with E-state index < -0.39 is 5.91 Å². The van der Waals surface area contributed by atoms with E-state index in [0.29, 0.717) is 33.1 Å². The van der Waals surface area contributed by atoms with Crippen LogP contribution in [0, 0.1) is 27.7 Å². The average Bonchev–Trinajstić information content (AvgIpc) is 3.13. The van der Waals surface area contributed by atoms with E-state index in [4.69, 9.17) is 10.3 Å². The van der Waals surface area contributed by atoms with Crippen molar-refractivity contribution < 1.29 is 14.1 Å². The summed E-state index contributed by atoms with van der Waals surface area (Å²) in [6.07, 6.45) is 0. The zero-order valence-corrected chi connectivity index (χ0v) is 15.8. The number of primary amides is 1. The molecule has 6 nitrogen and oxygen atoms in total. The molecule has 134 valence electrons. The number of carbonyl (C=O) groups excluding carboxylic acids is 2. The quantitative estimate of drug-likeness (QED) is 0.726. The minimum Gasteiger partial charge on any atom is -0.365 e. The molecule has 1 aromatic carbocycles. The zero-order chi connectivity index (χ0) is 19.0. The predicted octanol–water partition coefficient (Wildman–Crippen LogP) is 3.99. The second-order valence-electron chi connectivity index (χ2n) is 6.17. The third-order valence-electron chi connectivity index (χ3n) is 4.34. The van der Waals surface area contributed by atoms with E-state index in [-0.39, 0.29) is 5.91 Å². The van der Waals surface area contributed by atoms with E-state index in [1.54, 1.807) is 13.8 Å². The van der Waals surface area contributed by atoms with Gasteiger partial charge >= 0.3 is 0 Å². The van der Waals surface area contributed by atoms with Gasteiger partial charge in [-0.05, 0) is 44.4 Å². The summed E-state index contributed by atoms with van der Waals surface area (Å²) in [4.78, 5) is 24.7. The topological polar surface area (TPSA) is 98.2 Å². The molecule has 26 heavy (non-hydrogen) atoms. The van der Waals surface area contributed by atoms with Crippen LogP contribution in [0.15, 0.2) is 28.1 Å². The Kier molecular flexibility index (Phi) is 4.65. The highest BCUT2D eigenvalue weighted by molar-refractivity contribution is 7.15. The van der Waals surface area contributed by atoms with E-state index in [1.165, 1.54) is 11.3 Å². The van der Waals surface area contributed by atoms with Crippen molar-refractivity contribution in [2.75, 3.05) is 5.32 Å². The highest BCUT2D eigenvalue weighted by Crippen LogP contribution is 2.36. The molecule has 2 heterocycles. The maximum Gasteiger partial charge on any atom is 0.261 e. The number of carbonyl (C=O) groups is 2. The number of hydrogen-bond donors (Lipinski definition) is 2. The molecule has 2 aromatic heterocycles. The first-order valence-electron chi connectivity index (χ1n) is 8.02. The third kappa shape index (κ3) is 3.13. The molecule has 0 aliphatic rings. The summed E-state index contributed by atoms with van der Waals surface area (Å²) in [5.74, 6) is -0.544. The normalized spacial score (nSPS) is 10.8. The number of hydrogen-bond acceptors (Lipinski definition) is 5. The molecule has 0 unspecified atom stereocenters. The van der Waals surface area contributed by atoms with Crippen LogP contribution in [0.25, 0.3) is 11.1 Å². The minimum atomic E-state index is -0.589. The maximum absolute atomic E-state index is 12.6. The van der Waals surface area contributed by atoms with Crippen molar-refractivity contribution >= 4 is 28.2 Å². The second-order valence-corrected chi connectivity index (χ2v) is 7.05. The molecule has 0 spiro atoms. The lowest BCUT2D eigenvalue weighted by Gasteiger charge is -2.08. The monoisotopic (exact) mass is 369 g/mol. The van der Waals surface area contributed by atoms with Crippen LogP contribution in [0.1, 0.15) is 43.3 Å². The molecule has 3 rings (SSSR count). The molecule has 0 bridgehead atoms. The van der Waals surface area contributed by atoms with Gasteiger partial charge in [0, 0.05) is 10.9 Å². The summed E-state index contributed by atoms with van der Waals surface area (Å²) in [5, 5.41) is 8.79. The Morgan fingerprint density at radius 2 is 1.85 bits per heavy atom. The Morgan fingerprint density at radius 1 is 1.12 bits per heavy atom. The van der Waals surface area contributed by atoms with Crippen LogP contribution in [0.5, 0.6) is 0 Å². The van der Waals surface area contributed by atoms with Gasteiger partial charge in [-0.25, -0.2) is 0 Å². The fourth-order valence-corrected chi connectivity index (χ4v) is 3.76.